The number of ether oxygens (including phenoxy) is 1. The first-order chi connectivity index (χ1) is 9.74. The minimum absolute atomic E-state index is 0.158. The Kier molecular flexibility index (Phi) is 3.74. The second-order valence-electron chi connectivity index (χ2n) is 4.38. The van der Waals surface area contributed by atoms with E-state index in [9.17, 15) is 4.39 Å². The minimum Gasteiger partial charge on any atom is -0.494 e. The first-order valence-corrected chi connectivity index (χ1v) is 7.90. The van der Waals surface area contributed by atoms with Crippen molar-refractivity contribution >= 4 is 32.1 Å². The number of thiophene rings is 2. The van der Waals surface area contributed by atoms with Crippen molar-refractivity contribution in [1.29, 1.82) is 0 Å². The van der Waals surface area contributed by atoms with E-state index in [1.165, 1.54) is 16.5 Å². The molecule has 0 aliphatic rings. The largest absolute Gasteiger partial charge is 0.494 e. The minimum atomic E-state index is -0.300. The summed E-state index contributed by atoms with van der Waals surface area (Å²) in [5, 5.41) is 5.27. The summed E-state index contributed by atoms with van der Waals surface area (Å²) in [6.45, 7) is 0. The average Bonchev–Trinajstić information content (AvgIpc) is 3.03. The van der Waals surface area contributed by atoms with Crippen LogP contribution in [0.2, 0.25) is 0 Å². The van der Waals surface area contributed by atoms with Gasteiger partial charge in [-0.3, -0.25) is 0 Å². The summed E-state index contributed by atoms with van der Waals surface area (Å²) in [5.74, 6) is -0.0211. The van der Waals surface area contributed by atoms with Gasteiger partial charge in [-0.15, -0.1) is 22.7 Å². The van der Waals surface area contributed by atoms with Gasteiger partial charge in [-0.05, 0) is 30.6 Å². The van der Waals surface area contributed by atoms with Crippen LogP contribution in [0.1, 0.15) is 16.5 Å². The molecular formula is C15H14FNOS2. The number of methoxy groups -OCH3 is 1. The highest BCUT2D eigenvalue weighted by atomic mass is 32.1. The van der Waals surface area contributed by atoms with Crippen LogP contribution in [0.25, 0.3) is 9.40 Å². The van der Waals surface area contributed by atoms with Gasteiger partial charge < -0.3 is 10.1 Å². The maximum absolute atomic E-state index is 14.4. The summed E-state index contributed by atoms with van der Waals surface area (Å²) in [5.41, 5.74) is 0.612. The number of nitrogens with one attached hydrogen (secondary N) is 1. The van der Waals surface area contributed by atoms with E-state index in [2.05, 4.69) is 22.8 Å². The van der Waals surface area contributed by atoms with Crippen molar-refractivity contribution in [3.8, 4) is 5.75 Å². The van der Waals surface area contributed by atoms with Crippen molar-refractivity contribution in [2.24, 2.45) is 0 Å². The van der Waals surface area contributed by atoms with E-state index < -0.39 is 0 Å². The zero-order valence-electron chi connectivity index (χ0n) is 11.1. The Labute approximate surface area is 124 Å². The van der Waals surface area contributed by atoms with Gasteiger partial charge in [0.2, 0.25) is 0 Å². The van der Waals surface area contributed by atoms with Gasteiger partial charge in [0, 0.05) is 19.8 Å². The molecule has 1 atom stereocenters. The van der Waals surface area contributed by atoms with Gasteiger partial charge in [-0.2, -0.15) is 0 Å². The van der Waals surface area contributed by atoms with Crippen molar-refractivity contribution in [2.75, 3.05) is 14.2 Å². The monoisotopic (exact) mass is 307 g/mol. The van der Waals surface area contributed by atoms with Gasteiger partial charge in [0.15, 0.2) is 11.6 Å². The fourth-order valence-corrected chi connectivity index (χ4v) is 4.54. The number of hydrogen-bond acceptors (Lipinski definition) is 4. The Morgan fingerprint density at radius 3 is 2.80 bits per heavy atom. The molecule has 104 valence electrons. The third-order valence-corrected chi connectivity index (χ3v) is 5.41. The molecule has 0 amide bonds. The maximum Gasteiger partial charge on any atom is 0.170 e. The van der Waals surface area contributed by atoms with Crippen LogP contribution in [0.3, 0.4) is 0 Å². The second kappa shape index (κ2) is 5.52. The standard InChI is InChI=1S/C15H14FNOS2/c1-17-15(9-4-3-5-10(18-2)14(9)16)13-8-12-11(20-13)6-7-19-12/h3-8,15,17H,1-2H3. The van der Waals surface area contributed by atoms with Crippen LogP contribution in [-0.4, -0.2) is 14.2 Å². The average molecular weight is 307 g/mol. The maximum atomic E-state index is 14.4. The fourth-order valence-electron chi connectivity index (χ4n) is 2.29. The zero-order chi connectivity index (χ0) is 14.1. The summed E-state index contributed by atoms with van der Waals surface area (Å²) in [6, 6.07) is 9.32. The lowest BCUT2D eigenvalue weighted by atomic mass is 10.0. The van der Waals surface area contributed by atoms with Crippen molar-refractivity contribution in [1.82, 2.24) is 5.32 Å². The smallest absolute Gasteiger partial charge is 0.170 e. The predicted molar refractivity (Wildman–Crippen MR) is 83.6 cm³/mol. The van der Waals surface area contributed by atoms with Crippen LogP contribution in [0, 0.1) is 5.82 Å². The van der Waals surface area contributed by atoms with E-state index >= 15 is 0 Å². The number of fused-ring (bicyclic) bond motifs is 1. The van der Waals surface area contributed by atoms with Gasteiger partial charge in [-0.1, -0.05) is 12.1 Å². The molecule has 3 aromatic rings. The lowest BCUT2D eigenvalue weighted by Gasteiger charge is -2.17. The van der Waals surface area contributed by atoms with E-state index in [0.717, 1.165) is 4.88 Å². The molecular weight excluding hydrogens is 293 g/mol. The molecule has 1 aromatic carbocycles. The Morgan fingerprint density at radius 2 is 2.10 bits per heavy atom. The lowest BCUT2D eigenvalue weighted by molar-refractivity contribution is 0.382. The molecule has 20 heavy (non-hydrogen) atoms. The molecule has 2 heterocycles. The fraction of sp³-hybridized carbons (Fsp3) is 0.200. The van der Waals surface area contributed by atoms with E-state index in [1.807, 2.05) is 13.1 Å². The third-order valence-electron chi connectivity index (χ3n) is 3.26. The third kappa shape index (κ3) is 2.22. The van der Waals surface area contributed by atoms with Crippen LogP contribution >= 0.6 is 22.7 Å². The van der Waals surface area contributed by atoms with Crippen molar-refractivity contribution in [3.05, 3.63) is 52.0 Å². The molecule has 1 N–H and O–H groups in total. The van der Waals surface area contributed by atoms with Gasteiger partial charge >= 0.3 is 0 Å². The molecule has 0 radical (unpaired) electrons. The van der Waals surface area contributed by atoms with Crippen LogP contribution in [0.4, 0.5) is 4.39 Å². The molecule has 0 saturated heterocycles. The first-order valence-electron chi connectivity index (χ1n) is 6.21. The van der Waals surface area contributed by atoms with Gasteiger partial charge in [0.1, 0.15) is 0 Å². The topological polar surface area (TPSA) is 21.3 Å². The van der Waals surface area contributed by atoms with Gasteiger partial charge in [0.05, 0.1) is 13.2 Å². The first kappa shape index (κ1) is 13.5. The Hall–Kier alpha value is -1.43. The summed E-state index contributed by atoms with van der Waals surface area (Å²) >= 11 is 3.40. The van der Waals surface area contributed by atoms with E-state index in [-0.39, 0.29) is 17.6 Å². The van der Waals surface area contributed by atoms with Crippen molar-refractivity contribution in [3.63, 3.8) is 0 Å². The molecule has 3 rings (SSSR count). The molecule has 0 aliphatic carbocycles. The number of hydrogen-bond donors (Lipinski definition) is 1. The molecule has 0 saturated carbocycles. The summed E-state index contributed by atoms with van der Waals surface area (Å²) < 4.78 is 22.0. The summed E-state index contributed by atoms with van der Waals surface area (Å²) in [4.78, 5) is 1.11. The predicted octanol–water partition coefficient (Wildman–Crippen LogP) is 4.42. The Balaban J connectivity index is 2.07. The van der Waals surface area contributed by atoms with Gasteiger partial charge in [0.25, 0.3) is 0 Å². The second-order valence-corrected chi connectivity index (χ2v) is 6.45. The highest BCUT2D eigenvalue weighted by Gasteiger charge is 2.20. The molecule has 1 unspecified atom stereocenters. The zero-order valence-corrected chi connectivity index (χ0v) is 12.8. The van der Waals surface area contributed by atoms with E-state index in [0.29, 0.717) is 5.56 Å². The number of rotatable bonds is 4. The van der Waals surface area contributed by atoms with Crippen molar-refractivity contribution in [2.45, 2.75) is 6.04 Å². The summed E-state index contributed by atoms with van der Waals surface area (Å²) in [7, 11) is 3.33. The van der Waals surface area contributed by atoms with Crippen LogP contribution < -0.4 is 10.1 Å². The van der Waals surface area contributed by atoms with Crippen molar-refractivity contribution < 1.29 is 9.13 Å². The number of halogens is 1. The van der Waals surface area contributed by atoms with Gasteiger partial charge in [-0.25, -0.2) is 4.39 Å². The van der Waals surface area contributed by atoms with E-state index in [4.69, 9.17) is 4.74 Å². The molecule has 5 heteroatoms. The van der Waals surface area contributed by atoms with Crippen LogP contribution in [0.15, 0.2) is 35.7 Å². The molecule has 0 spiro atoms. The highest BCUT2D eigenvalue weighted by Crippen LogP contribution is 2.37. The number of benzene rings is 1. The SMILES string of the molecule is CNC(c1cc2sccc2s1)c1cccc(OC)c1F. The molecule has 0 bridgehead atoms. The molecule has 0 fully saturated rings. The quantitative estimate of drug-likeness (QED) is 0.770. The van der Waals surface area contributed by atoms with Crippen LogP contribution in [-0.2, 0) is 0 Å². The normalized spacial score (nSPS) is 12.8. The Morgan fingerprint density at radius 1 is 1.25 bits per heavy atom. The van der Waals surface area contributed by atoms with Crippen LogP contribution in [0.5, 0.6) is 5.75 Å². The molecule has 2 aromatic heterocycles. The Bertz CT molecular complexity index is 706. The molecule has 2 nitrogen and oxygen atoms in total. The summed E-state index contributed by atoms with van der Waals surface area (Å²) in [6.07, 6.45) is 0. The highest BCUT2D eigenvalue weighted by molar-refractivity contribution is 7.27. The lowest BCUT2D eigenvalue weighted by Crippen LogP contribution is -2.18. The van der Waals surface area contributed by atoms with E-state index in [1.54, 1.807) is 34.8 Å². The molecule has 0 aliphatic heterocycles.